The molecule has 4 heteroatoms. The third-order valence-electron chi connectivity index (χ3n) is 5.74. The third kappa shape index (κ3) is 4.29. The number of likely N-dealkylation sites (N-methyl/N-ethyl adjacent to an activating group) is 1. The first-order valence-electron chi connectivity index (χ1n) is 10.0. The molecule has 152 valence electrons. The number of ether oxygens (including phenoxy) is 1. The van der Waals surface area contributed by atoms with Crippen LogP contribution in [0.4, 0.5) is 0 Å². The van der Waals surface area contributed by atoms with Crippen molar-refractivity contribution in [3.8, 4) is 0 Å². The molecule has 4 nitrogen and oxygen atoms in total. The first-order chi connectivity index (χ1) is 13.3. The van der Waals surface area contributed by atoms with Gasteiger partial charge in [-0.2, -0.15) is 0 Å². The Morgan fingerprint density at radius 3 is 2.18 bits per heavy atom. The summed E-state index contributed by atoms with van der Waals surface area (Å²) in [6, 6.07) is 11.1. The average molecular weight is 384 g/mol. The van der Waals surface area contributed by atoms with Gasteiger partial charge in [0.1, 0.15) is 6.61 Å². The number of esters is 1. The number of benzene rings is 2. The molecule has 28 heavy (non-hydrogen) atoms. The van der Waals surface area contributed by atoms with E-state index in [1.807, 2.05) is 52.0 Å². The van der Waals surface area contributed by atoms with Gasteiger partial charge in [0, 0.05) is 12.1 Å². The van der Waals surface area contributed by atoms with Crippen molar-refractivity contribution in [1.29, 1.82) is 0 Å². The van der Waals surface area contributed by atoms with Crippen LogP contribution in [0.25, 0.3) is 0 Å². The van der Waals surface area contributed by atoms with Crippen molar-refractivity contribution in [2.75, 3.05) is 26.2 Å². The van der Waals surface area contributed by atoms with E-state index in [-0.39, 0.29) is 6.61 Å². The lowest BCUT2D eigenvalue weighted by molar-refractivity contribution is -0.162. The molecule has 0 aliphatic rings. The summed E-state index contributed by atoms with van der Waals surface area (Å²) < 4.78 is 5.60. The molecule has 0 spiro atoms. The van der Waals surface area contributed by atoms with E-state index >= 15 is 0 Å². The lowest BCUT2D eigenvalue weighted by Crippen LogP contribution is -2.41. The molecule has 2 aromatic carbocycles. The highest BCUT2D eigenvalue weighted by atomic mass is 16.5. The van der Waals surface area contributed by atoms with Gasteiger partial charge in [0.25, 0.3) is 0 Å². The van der Waals surface area contributed by atoms with Crippen molar-refractivity contribution in [3.05, 3.63) is 69.8 Å². The number of hydrogen-bond acceptors (Lipinski definition) is 4. The molecule has 1 unspecified atom stereocenters. The lowest BCUT2D eigenvalue weighted by Gasteiger charge is -2.31. The highest BCUT2D eigenvalue weighted by Crippen LogP contribution is 2.37. The van der Waals surface area contributed by atoms with E-state index in [9.17, 15) is 9.90 Å². The Bertz CT molecular complexity index is 812. The van der Waals surface area contributed by atoms with Crippen molar-refractivity contribution >= 4 is 5.97 Å². The van der Waals surface area contributed by atoms with Crippen LogP contribution in [-0.2, 0) is 15.1 Å². The summed E-state index contributed by atoms with van der Waals surface area (Å²) in [6.07, 6.45) is 0. The standard InChI is InChI=1S/C24H33NO3/c1-7-25(8-2)14-15-28-23(26)24(27,21-12-10-9-11-13-21)22-18(4)16-17(3)19(5)20(22)6/h9-13,16,27H,7-8,14-15H2,1-6H3. The van der Waals surface area contributed by atoms with E-state index in [0.717, 1.165) is 35.3 Å². The number of hydrogen-bond donors (Lipinski definition) is 1. The maximum atomic E-state index is 13.2. The van der Waals surface area contributed by atoms with E-state index in [1.54, 1.807) is 12.1 Å². The van der Waals surface area contributed by atoms with Gasteiger partial charge in [-0.15, -0.1) is 0 Å². The van der Waals surface area contributed by atoms with E-state index < -0.39 is 11.6 Å². The summed E-state index contributed by atoms with van der Waals surface area (Å²) in [7, 11) is 0. The van der Waals surface area contributed by atoms with Crippen LogP contribution in [-0.4, -0.2) is 42.2 Å². The van der Waals surface area contributed by atoms with Gasteiger partial charge in [0.2, 0.25) is 5.60 Å². The molecular weight excluding hydrogens is 350 g/mol. The van der Waals surface area contributed by atoms with Crippen LogP contribution in [0.3, 0.4) is 0 Å². The summed E-state index contributed by atoms with van der Waals surface area (Å²) >= 11 is 0. The van der Waals surface area contributed by atoms with Crippen molar-refractivity contribution in [1.82, 2.24) is 4.90 Å². The molecule has 2 aromatic rings. The Morgan fingerprint density at radius 1 is 1.00 bits per heavy atom. The summed E-state index contributed by atoms with van der Waals surface area (Å²) in [4.78, 5) is 15.4. The van der Waals surface area contributed by atoms with Gasteiger partial charge >= 0.3 is 5.97 Å². The minimum absolute atomic E-state index is 0.249. The maximum absolute atomic E-state index is 13.2. The number of carbonyl (C=O) groups excluding carboxylic acids is 1. The molecule has 0 bridgehead atoms. The van der Waals surface area contributed by atoms with Crippen molar-refractivity contribution in [2.45, 2.75) is 47.1 Å². The normalized spacial score (nSPS) is 13.4. The van der Waals surface area contributed by atoms with E-state index in [2.05, 4.69) is 18.7 Å². The summed E-state index contributed by atoms with van der Waals surface area (Å²) in [5.74, 6) is -0.625. The van der Waals surface area contributed by atoms with Gasteiger partial charge in [0.15, 0.2) is 0 Å². The molecule has 0 fully saturated rings. The zero-order valence-corrected chi connectivity index (χ0v) is 18.0. The fourth-order valence-electron chi connectivity index (χ4n) is 3.80. The molecule has 1 N–H and O–H groups in total. The van der Waals surface area contributed by atoms with Crippen LogP contribution in [0.1, 0.15) is 47.2 Å². The minimum atomic E-state index is -1.84. The number of rotatable bonds is 8. The highest BCUT2D eigenvalue weighted by molar-refractivity contribution is 5.86. The summed E-state index contributed by atoms with van der Waals surface area (Å²) in [6.45, 7) is 14.8. The summed E-state index contributed by atoms with van der Waals surface area (Å²) in [5.41, 5.74) is 3.33. The SMILES string of the molecule is CCN(CC)CCOC(=O)C(O)(c1ccccc1)c1c(C)cc(C)c(C)c1C. The molecule has 0 aliphatic heterocycles. The average Bonchev–Trinajstić information content (AvgIpc) is 2.69. The Kier molecular flexibility index (Phi) is 7.39. The van der Waals surface area contributed by atoms with E-state index in [1.165, 1.54) is 0 Å². The van der Waals surface area contributed by atoms with Crippen LogP contribution >= 0.6 is 0 Å². The smallest absolute Gasteiger partial charge is 0.347 e. The highest BCUT2D eigenvalue weighted by Gasteiger charge is 2.44. The maximum Gasteiger partial charge on any atom is 0.347 e. The van der Waals surface area contributed by atoms with Crippen LogP contribution in [0.15, 0.2) is 36.4 Å². The van der Waals surface area contributed by atoms with Crippen LogP contribution in [0.2, 0.25) is 0 Å². The van der Waals surface area contributed by atoms with Crippen LogP contribution < -0.4 is 0 Å². The molecule has 0 saturated carbocycles. The molecule has 2 rings (SSSR count). The van der Waals surface area contributed by atoms with Crippen molar-refractivity contribution < 1.29 is 14.6 Å². The molecule has 0 radical (unpaired) electrons. The first-order valence-corrected chi connectivity index (χ1v) is 10.0. The second-order valence-corrected chi connectivity index (χ2v) is 7.37. The van der Waals surface area contributed by atoms with Crippen LogP contribution in [0.5, 0.6) is 0 Å². The van der Waals surface area contributed by atoms with Gasteiger partial charge < -0.3 is 14.7 Å². The largest absolute Gasteiger partial charge is 0.462 e. The van der Waals surface area contributed by atoms with Gasteiger partial charge in [-0.05, 0) is 68.6 Å². The Morgan fingerprint density at radius 2 is 1.61 bits per heavy atom. The van der Waals surface area contributed by atoms with Crippen LogP contribution in [0, 0.1) is 27.7 Å². The fraction of sp³-hybridized carbons (Fsp3) is 0.458. The second kappa shape index (κ2) is 9.35. The molecule has 0 amide bonds. The monoisotopic (exact) mass is 383 g/mol. The van der Waals surface area contributed by atoms with Gasteiger partial charge in [-0.25, -0.2) is 4.79 Å². The molecule has 0 aromatic heterocycles. The molecule has 0 aliphatic carbocycles. The lowest BCUT2D eigenvalue weighted by atomic mass is 9.79. The molecular formula is C24H33NO3. The number of carbonyl (C=O) groups is 1. The summed E-state index contributed by atoms with van der Waals surface area (Å²) in [5, 5.41) is 11.8. The van der Waals surface area contributed by atoms with Gasteiger partial charge in [-0.3, -0.25) is 0 Å². The third-order valence-corrected chi connectivity index (χ3v) is 5.74. The molecule has 1 atom stereocenters. The fourth-order valence-corrected chi connectivity index (χ4v) is 3.80. The topological polar surface area (TPSA) is 49.8 Å². The molecule has 0 heterocycles. The van der Waals surface area contributed by atoms with Gasteiger partial charge in [-0.1, -0.05) is 50.2 Å². The zero-order valence-electron chi connectivity index (χ0n) is 18.0. The predicted molar refractivity (Wildman–Crippen MR) is 114 cm³/mol. The number of aryl methyl sites for hydroxylation is 2. The second-order valence-electron chi connectivity index (χ2n) is 7.37. The van der Waals surface area contributed by atoms with Gasteiger partial charge in [0.05, 0.1) is 0 Å². The minimum Gasteiger partial charge on any atom is -0.462 e. The van der Waals surface area contributed by atoms with E-state index in [0.29, 0.717) is 17.7 Å². The number of nitrogens with zero attached hydrogens (tertiary/aromatic N) is 1. The Labute approximate surface area is 169 Å². The molecule has 0 saturated heterocycles. The van der Waals surface area contributed by atoms with Crippen molar-refractivity contribution in [2.24, 2.45) is 0 Å². The Balaban J connectivity index is 2.49. The predicted octanol–water partition coefficient (Wildman–Crippen LogP) is 4.04. The number of aliphatic hydroxyl groups is 1. The van der Waals surface area contributed by atoms with Crippen molar-refractivity contribution in [3.63, 3.8) is 0 Å². The Hall–Kier alpha value is -2.17. The zero-order chi connectivity index (χ0) is 20.9. The first kappa shape index (κ1) is 22.1. The van der Waals surface area contributed by atoms with E-state index in [4.69, 9.17) is 4.74 Å². The quantitative estimate of drug-likeness (QED) is 0.699.